The molecule has 0 radical (unpaired) electrons. The van der Waals surface area contributed by atoms with Gasteiger partial charge in [0.25, 0.3) is 0 Å². The van der Waals surface area contributed by atoms with Crippen LogP contribution in [0, 0.1) is 0 Å². The first-order valence-electron chi connectivity index (χ1n) is 7.76. The van der Waals surface area contributed by atoms with E-state index in [0.29, 0.717) is 17.5 Å². The molecule has 6 nitrogen and oxygen atoms in total. The topological polar surface area (TPSA) is 69.6 Å². The van der Waals surface area contributed by atoms with Crippen LogP contribution in [0.25, 0.3) is 22.8 Å². The molecule has 4 aromatic rings. The highest BCUT2D eigenvalue weighted by molar-refractivity contribution is 7.98. The van der Waals surface area contributed by atoms with E-state index in [1.807, 2.05) is 72.3 Å². The normalized spacial score (nSPS) is 10.9. The molecule has 0 saturated carbocycles. The van der Waals surface area contributed by atoms with Gasteiger partial charge in [0.15, 0.2) is 11.0 Å². The Morgan fingerprint density at radius 3 is 2.24 bits per heavy atom. The van der Waals surface area contributed by atoms with E-state index in [9.17, 15) is 0 Å². The van der Waals surface area contributed by atoms with Crippen molar-refractivity contribution in [2.24, 2.45) is 7.05 Å². The molecule has 2 heterocycles. The minimum absolute atomic E-state index is 0.527. The van der Waals surface area contributed by atoms with E-state index in [4.69, 9.17) is 4.42 Å². The summed E-state index contributed by atoms with van der Waals surface area (Å²) in [7, 11) is 1.95. The quantitative estimate of drug-likeness (QED) is 0.510. The van der Waals surface area contributed by atoms with E-state index < -0.39 is 0 Å². The fourth-order valence-corrected chi connectivity index (χ4v) is 3.16. The van der Waals surface area contributed by atoms with E-state index in [0.717, 1.165) is 22.1 Å². The van der Waals surface area contributed by atoms with Crippen molar-refractivity contribution >= 4 is 11.8 Å². The van der Waals surface area contributed by atoms with Crippen LogP contribution in [-0.2, 0) is 12.8 Å². The molecule has 25 heavy (non-hydrogen) atoms. The van der Waals surface area contributed by atoms with Gasteiger partial charge in [-0.05, 0) is 12.1 Å². The summed E-state index contributed by atoms with van der Waals surface area (Å²) in [5.41, 5.74) is 1.95. The summed E-state index contributed by atoms with van der Waals surface area (Å²) in [5, 5.41) is 17.5. The van der Waals surface area contributed by atoms with Gasteiger partial charge in [0.1, 0.15) is 0 Å². The lowest BCUT2D eigenvalue weighted by Crippen LogP contribution is -1.95. The summed E-state index contributed by atoms with van der Waals surface area (Å²) in [5.74, 6) is 2.46. The number of hydrogen-bond donors (Lipinski definition) is 0. The highest BCUT2D eigenvalue weighted by atomic mass is 32.2. The van der Waals surface area contributed by atoms with Crippen LogP contribution >= 0.6 is 11.8 Å². The molecule has 124 valence electrons. The van der Waals surface area contributed by atoms with Gasteiger partial charge in [-0.3, -0.25) is 0 Å². The molecule has 0 unspecified atom stereocenters. The summed E-state index contributed by atoms with van der Waals surface area (Å²) in [6.45, 7) is 0. The van der Waals surface area contributed by atoms with Crippen molar-refractivity contribution in [2.75, 3.05) is 0 Å². The largest absolute Gasteiger partial charge is 0.420 e. The third-order valence-electron chi connectivity index (χ3n) is 3.68. The van der Waals surface area contributed by atoms with Gasteiger partial charge in [0.05, 0.1) is 5.75 Å². The minimum Gasteiger partial charge on any atom is -0.420 e. The van der Waals surface area contributed by atoms with Gasteiger partial charge >= 0.3 is 0 Å². The van der Waals surface area contributed by atoms with Gasteiger partial charge in [-0.2, -0.15) is 0 Å². The average molecular weight is 349 g/mol. The zero-order valence-corrected chi connectivity index (χ0v) is 14.3. The first kappa shape index (κ1) is 15.6. The number of aromatic nitrogens is 5. The Labute approximate surface area is 148 Å². The molecule has 0 amide bonds. The van der Waals surface area contributed by atoms with Gasteiger partial charge in [0, 0.05) is 18.2 Å². The fourth-order valence-electron chi connectivity index (χ4n) is 2.41. The maximum Gasteiger partial charge on any atom is 0.247 e. The Hall–Kier alpha value is -2.93. The number of hydrogen-bond acceptors (Lipinski definition) is 6. The Morgan fingerprint density at radius 2 is 1.52 bits per heavy atom. The average Bonchev–Trinajstić information content (AvgIpc) is 3.28. The molecule has 0 N–H and O–H groups in total. The van der Waals surface area contributed by atoms with E-state index in [-0.39, 0.29) is 0 Å². The Bertz CT molecular complexity index is 966. The summed E-state index contributed by atoms with van der Waals surface area (Å²) in [6, 6.07) is 19.7. The standard InChI is InChI=1S/C18H15N5OS/c1-23-16(13-8-4-2-5-9-13)20-22-18(23)25-12-15-19-21-17(24-15)14-10-6-3-7-11-14/h2-11H,12H2,1H3. The van der Waals surface area contributed by atoms with E-state index >= 15 is 0 Å². The van der Waals surface area contributed by atoms with Crippen LogP contribution in [0.5, 0.6) is 0 Å². The van der Waals surface area contributed by atoms with Crippen LogP contribution in [0.3, 0.4) is 0 Å². The molecule has 0 atom stereocenters. The minimum atomic E-state index is 0.527. The van der Waals surface area contributed by atoms with Crippen molar-refractivity contribution in [2.45, 2.75) is 10.9 Å². The molecule has 2 aromatic carbocycles. The predicted molar refractivity (Wildman–Crippen MR) is 95.7 cm³/mol. The summed E-state index contributed by atoms with van der Waals surface area (Å²) in [4.78, 5) is 0. The lowest BCUT2D eigenvalue weighted by Gasteiger charge is -2.02. The van der Waals surface area contributed by atoms with Gasteiger partial charge in [0.2, 0.25) is 11.8 Å². The van der Waals surface area contributed by atoms with Crippen molar-refractivity contribution in [1.82, 2.24) is 25.0 Å². The summed E-state index contributed by atoms with van der Waals surface area (Å²) >= 11 is 1.52. The van der Waals surface area contributed by atoms with Crippen molar-refractivity contribution < 1.29 is 4.42 Å². The van der Waals surface area contributed by atoms with Gasteiger partial charge in [-0.1, -0.05) is 60.3 Å². The smallest absolute Gasteiger partial charge is 0.247 e. The van der Waals surface area contributed by atoms with Crippen LogP contribution in [0.4, 0.5) is 0 Å². The highest BCUT2D eigenvalue weighted by Crippen LogP contribution is 2.26. The maximum atomic E-state index is 5.72. The molecule has 0 aliphatic heterocycles. The Kier molecular flexibility index (Phi) is 4.30. The monoisotopic (exact) mass is 349 g/mol. The molecule has 7 heteroatoms. The van der Waals surface area contributed by atoms with Crippen LogP contribution < -0.4 is 0 Å². The van der Waals surface area contributed by atoms with E-state index in [1.165, 1.54) is 11.8 Å². The maximum absolute atomic E-state index is 5.72. The molecule has 0 spiro atoms. The second-order valence-electron chi connectivity index (χ2n) is 5.39. The fraction of sp³-hybridized carbons (Fsp3) is 0.111. The van der Waals surface area contributed by atoms with Crippen molar-refractivity contribution in [1.29, 1.82) is 0 Å². The molecular weight excluding hydrogens is 334 g/mol. The molecule has 2 aromatic heterocycles. The first-order chi connectivity index (χ1) is 12.3. The Balaban J connectivity index is 1.48. The zero-order chi connectivity index (χ0) is 17.1. The van der Waals surface area contributed by atoms with Crippen molar-refractivity contribution in [3.05, 3.63) is 66.6 Å². The van der Waals surface area contributed by atoms with Gasteiger partial charge < -0.3 is 8.98 Å². The van der Waals surface area contributed by atoms with Crippen LogP contribution in [0.15, 0.2) is 70.2 Å². The molecule has 4 rings (SSSR count). The second kappa shape index (κ2) is 6.90. The number of benzene rings is 2. The zero-order valence-electron chi connectivity index (χ0n) is 13.5. The van der Waals surface area contributed by atoms with Gasteiger partial charge in [-0.15, -0.1) is 20.4 Å². The summed E-state index contributed by atoms with van der Waals surface area (Å²) < 4.78 is 7.69. The third-order valence-corrected chi connectivity index (χ3v) is 4.68. The van der Waals surface area contributed by atoms with Crippen LogP contribution in [0.2, 0.25) is 0 Å². The predicted octanol–water partition coefficient (Wildman–Crippen LogP) is 3.82. The Morgan fingerprint density at radius 1 is 0.840 bits per heavy atom. The molecule has 0 fully saturated rings. The number of nitrogens with zero attached hydrogens (tertiary/aromatic N) is 5. The SMILES string of the molecule is Cn1c(SCc2nnc(-c3ccccc3)o2)nnc1-c1ccccc1. The van der Waals surface area contributed by atoms with Crippen molar-refractivity contribution in [3.8, 4) is 22.8 Å². The van der Waals surface area contributed by atoms with Crippen LogP contribution in [-0.4, -0.2) is 25.0 Å². The number of rotatable bonds is 5. The van der Waals surface area contributed by atoms with E-state index in [2.05, 4.69) is 20.4 Å². The molecular formula is C18H15N5OS. The molecule has 0 aliphatic rings. The van der Waals surface area contributed by atoms with Gasteiger partial charge in [-0.25, -0.2) is 0 Å². The number of thioether (sulfide) groups is 1. The second-order valence-corrected chi connectivity index (χ2v) is 6.33. The third kappa shape index (κ3) is 3.32. The lowest BCUT2D eigenvalue weighted by atomic mass is 10.2. The molecule has 0 saturated heterocycles. The van der Waals surface area contributed by atoms with E-state index in [1.54, 1.807) is 0 Å². The highest BCUT2D eigenvalue weighted by Gasteiger charge is 2.13. The molecule has 0 aliphatic carbocycles. The summed E-state index contributed by atoms with van der Waals surface area (Å²) in [6.07, 6.45) is 0. The van der Waals surface area contributed by atoms with Crippen LogP contribution in [0.1, 0.15) is 5.89 Å². The first-order valence-corrected chi connectivity index (χ1v) is 8.75. The van der Waals surface area contributed by atoms with Crippen molar-refractivity contribution in [3.63, 3.8) is 0 Å². The lowest BCUT2D eigenvalue weighted by molar-refractivity contribution is 0.528. The molecule has 0 bridgehead atoms.